The Balaban J connectivity index is 1.29. The van der Waals surface area contributed by atoms with Gasteiger partial charge in [0, 0.05) is 16.8 Å². The number of carbonyl (C=O) groups excluding carboxylic acids is 1. The summed E-state index contributed by atoms with van der Waals surface area (Å²) in [7, 11) is 0. The van der Waals surface area contributed by atoms with Gasteiger partial charge in [0.25, 0.3) is 5.91 Å². The number of hydrogen-bond donors (Lipinski definition) is 1. The molecule has 0 bridgehead atoms. The highest BCUT2D eigenvalue weighted by atomic mass is 35.5. The van der Waals surface area contributed by atoms with Crippen molar-refractivity contribution in [1.82, 2.24) is 30.0 Å². The Morgan fingerprint density at radius 3 is 2.39 bits per heavy atom. The molecule has 1 amide bonds. The number of anilines is 1. The summed E-state index contributed by atoms with van der Waals surface area (Å²) < 4.78 is 3.64. The molecule has 2 aromatic heterocycles. The summed E-state index contributed by atoms with van der Waals surface area (Å²) in [6, 6.07) is 15.2. The fourth-order valence-electron chi connectivity index (χ4n) is 3.48. The van der Waals surface area contributed by atoms with Crippen molar-refractivity contribution in [1.29, 1.82) is 0 Å². The monoisotopic (exact) mass is 433 g/mol. The molecule has 1 aliphatic carbocycles. The van der Waals surface area contributed by atoms with Crippen LogP contribution < -0.4 is 5.32 Å². The first-order valence-corrected chi connectivity index (χ1v) is 10.4. The molecule has 156 valence electrons. The van der Waals surface area contributed by atoms with Crippen molar-refractivity contribution in [3.63, 3.8) is 0 Å². The van der Waals surface area contributed by atoms with E-state index in [1.807, 2.05) is 54.9 Å². The molecule has 1 N–H and O–H groups in total. The lowest BCUT2D eigenvalue weighted by Crippen LogP contribution is -2.12. The molecule has 0 atom stereocenters. The summed E-state index contributed by atoms with van der Waals surface area (Å²) in [5.41, 5.74) is 4.66. The van der Waals surface area contributed by atoms with Crippen molar-refractivity contribution >= 4 is 23.2 Å². The third-order valence-corrected chi connectivity index (χ3v) is 5.91. The summed E-state index contributed by atoms with van der Waals surface area (Å²) in [5, 5.41) is 20.0. The Kier molecular flexibility index (Phi) is 4.78. The first kappa shape index (κ1) is 19.4. The van der Waals surface area contributed by atoms with Gasteiger partial charge in [0.2, 0.25) is 0 Å². The molecule has 2 aromatic carbocycles. The van der Waals surface area contributed by atoms with Crippen LogP contribution in [-0.2, 0) is 0 Å². The standard InChI is InChI=1S/C22H20ClN7O/c1-13-20(23)14(2)29(26-13)18-9-5-16(6-10-18)22(31)24-17-7-3-15(4-8-17)21-25-27-28-30(21)19-11-12-19/h3-10,19H,11-12H2,1-2H3,(H,24,31). The van der Waals surface area contributed by atoms with E-state index in [9.17, 15) is 4.79 Å². The van der Waals surface area contributed by atoms with Gasteiger partial charge in [0.1, 0.15) is 0 Å². The second-order valence-corrected chi connectivity index (χ2v) is 8.03. The van der Waals surface area contributed by atoms with Crippen molar-refractivity contribution < 1.29 is 4.79 Å². The molecule has 0 saturated heterocycles. The Hall–Kier alpha value is -3.52. The summed E-state index contributed by atoms with van der Waals surface area (Å²) in [6.45, 7) is 3.78. The van der Waals surface area contributed by atoms with Crippen molar-refractivity contribution in [3.8, 4) is 17.1 Å². The minimum Gasteiger partial charge on any atom is -0.322 e. The number of aromatic nitrogens is 6. The van der Waals surface area contributed by atoms with Crippen molar-refractivity contribution in [2.75, 3.05) is 5.32 Å². The van der Waals surface area contributed by atoms with Gasteiger partial charge in [-0.05, 0) is 85.6 Å². The van der Waals surface area contributed by atoms with Crippen LogP contribution in [0.1, 0.15) is 40.6 Å². The van der Waals surface area contributed by atoms with Crippen molar-refractivity contribution in [2.45, 2.75) is 32.7 Å². The number of carbonyl (C=O) groups is 1. The number of nitrogens with zero attached hydrogens (tertiary/aromatic N) is 6. The molecule has 1 saturated carbocycles. The zero-order valence-electron chi connectivity index (χ0n) is 17.1. The SMILES string of the molecule is Cc1nn(-c2ccc(C(=O)Nc3ccc(-c4nnnn4C4CC4)cc3)cc2)c(C)c1Cl. The van der Waals surface area contributed by atoms with E-state index in [1.165, 1.54) is 0 Å². The number of tetrazole rings is 1. The molecule has 1 aliphatic rings. The average molecular weight is 434 g/mol. The van der Waals surface area contributed by atoms with Crippen molar-refractivity contribution in [2.24, 2.45) is 0 Å². The smallest absolute Gasteiger partial charge is 0.255 e. The lowest BCUT2D eigenvalue weighted by atomic mass is 10.1. The largest absolute Gasteiger partial charge is 0.322 e. The van der Waals surface area contributed by atoms with Gasteiger partial charge in [0.15, 0.2) is 5.82 Å². The van der Waals surface area contributed by atoms with Gasteiger partial charge >= 0.3 is 0 Å². The number of halogens is 1. The van der Waals surface area contributed by atoms with E-state index in [2.05, 4.69) is 25.9 Å². The van der Waals surface area contributed by atoms with Gasteiger partial charge in [0.05, 0.1) is 28.1 Å². The lowest BCUT2D eigenvalue weighted by Gasteiger charge is -2.08. The number of benzene rings is 2. The van der Waals surface area contributed by atoms with Gasteiger partial charge in [-0.1, -0.05) is 11.6 Å². The van der Waals surface area contributed by atoms with Crippen LogP contribution in [0.3, 0.4) is 0 Å². The summed E-state index contributed by atoms with van der Waals surface area (Å²) in [5.74, 6) is 0.564. The summed E-state index contributed by atoms with van der Waals surface area (Å²) in [4.78, 5) is 12.7. The van der Waals surface area contributed by atoms with Gasteiger partial charge < -0.3 is 5.32 Å². The molecule has 0 aliphatic heterocycles. The number of aryl methyl sites for hydroxylation is 1. The van der Waals surface area contributed by atoms with Crippen LogP contribution in [0.4, 0.5) is 5.69 Å². The highest BCUT2D eigenvalue weighted by Gasteiger charge is 2.28. The second-order valence-electron chi connectivity index (χ2n) is 7.65. The third-order valence-electron chi connectivity index (χ3n) is 5.36. The molecular formula is C22H20ClN7O. The number of rotatable bonds is 5. The Morgan fingerprint density at radius 2 is 1.77 bits per heavy atom. The van der Waals surface area contributed by atoms with Gasteiger partial charge in [-0.2, -0.15) is 5.10 Å². The minimum atomic E-state index is -0.187. The molecule has 2 heterocycles. The zero-order chi connectivity index (χ0) is 21.5. The van der Waals surface area contributed by atoms with Gasteiger partial charge in [-0.15, -0.1) is 5.10 Å². The molecule has 0 unspecified atom stereocenters. The quantitative estimate of drug-likeness (QED) is 0.504. The normalized spacial score (nSPS) is 13.4. The molecule has 1 fully saturated rings. The molecule has 8 nitrogen and oxygen atoms in total. The predicted octanol–water partition coefficient (Wildman–Crippen LogP) is 4.38. The average Bonchev–Trinajstić information content (AvgIpc) is 3.46. The fourth-order valence-corrected chi connectivity index (χ4v) is 3.60. The lowest BCUT2D eigenvalue weighted by molar-refractivity contribution is 0.102. The maximum atomic E-state index is 12.7. The molecule has 9 heteroatoms. The van der Waals surface area contributed by atoms with Crippen LogP contribution in [0.15, 0.2) is 48.5 Å². The maximum absolute atomic E-state index is 12.7. The molecule has 0 spiro atoms. The number of amides is 1. The second kappa shape index (κ2) is 7.63. The van der Waals surface area contributed by atoms with Crippen LogP contribution in [0, 0.1) is 13.8 Å². The fraction of sp³-hybridized carbons (Fsp3) is 0.227. The molecule has 0 radical (unpaired) electrons. The van der Waals surface area contributed by atoms with Crippen LogP contribution in [-0.4, -0.2) is 35.9 Å². The van der Waals surface area contributed by atoms with Crippen molar-refractivity contribution in [3.05, 3.63) is 70.5 Å². The number of hydrogen-bond acceptors (Lipinski definition) is 5. The van der Waals surface area contributed by atoms with E-state index >= 15 is 0 Å². The van der Waals surface area contributed by atoms with Gasteiger partial charge in [-0.3, -0.25) is 4.79 Å². The summed E-state index contributed by atoms with van der Waals surface area (Å²) >= 11 is 6.23. The highest BCUT2D eigenvalue weighted by molar-refractivity contribution is 6.31. The van der Waals surface area contributed by atoms with Gasteiger partial charge in [-0.25, -0.2) is 9.36 Å². The minimum absolute atomic E-state index is 0.187. The molecular weight excluding hydrogens is 414 g/mol. The van der Waals surface area contributed by atoms with E-state index in [0.29, 0.717) is 22.3 Å². The third kappa shape index (κ3) is 3.70. The van der Waals surface area contributed by atoms with E-state index in [4.69, 9.17) is 11.6 Å². The van der Waals surface area contributed by atoms with Crippen LogP contribution in [0.25, 0.3) is 17.1 Å². The molecule has 4 aromatic rings. The topological polar surface area (TPSA) is 90.5 Å². The zero-order valence-corrected chi connectivity index (χ0v) is 17.8. The van der Waals surface area contributed by atoms with Crippen LogP contribution in [0.5, 0.6) is 0 Å². The molecule has 31 heavy (non-hydrogen) atoms. The van der Waals surface area contributed by atoms with E-state index in [-0.39, 0.29) is 5.91 Å². The number of nitrogens with one attached hydrogen (secondary N) is 1. The van der Waals surface area contributed by atoms with Crippen LogP contribution >= 0.6 is 11.6 Å². The Morgan fingerprint density at radius 1 is 1.06 bits per heavy atom. The molecule has 5 rings (SSSR count). The van der Waals surface area contributed by atoms with E-state index in [1.54, 1.807) is 16.8 Å². The highest BCUT2D eigenvalue weighted by Crippen LogP contribution is 2.36. The Labute approximate surface area is 183 Å². The first-order chi connectivity index (χ1) is 15.0. The predicted molar refractivity (Wildman–Crippen MR) is 118 cm³/mol. The maximum Gasteiger partial charge on any atom is 0.255 e. The van der Waals surface area contributed by atoms with E-state index in [0.717, 1.165) is 41.3 Å². The summed E-state index contributed by atoms with van der Waals surface area (Å²) in [6.07, 6.45) is 2.22. The van der Waals surface area contributed by atoms with E-state index < -0.39 is 0 Å². The Bertz CT molecular complexity index is 1250. The van der Waals surface area contributed by atoms with Crippen LogP contribution in [0.2, 0.25) is 5.02 Å². The first-order valence-electron chi connectivity index (χ1n) is 10.0.